The van der Waals surface area contributed by atoms with Crippen LogP contribution in [0.5, 0.6) is 5.75 Å². The molecule has 1 aromatic heterocycles. The van der Waals surface area contributed by atoms with Crippen LogP contribution in [0.15, 0.2) is 53.5 Å². The molecule has 33 heavy (non-hydrogen) atoms. The van der Waals surface area contributed by atoms with E-state index in [1.807, 2.05) is 30.3 Å². The molecule has 1 amide bonds. The Morgan fingerprint density at radius 1 is 1.24 bits per heavy atom. The third kappa shape index (κ3) is 6.66. The van der Waals surface area contributed by atoms with Crippen LogP contribution in [0.2, 0.25) is 0 Å². The van der Waals surface area contributed by atoms with Gasteiger partial charge in [0.2, 0.25) is 0 Å². The van der Waals surface area contributed by atoms with E-state index in [4.69, 9.17) is 14.3 Å². The number of carbonyl (C=O) groups is 1. The molecule has 2 atom stereocenters. The molecule has 9 nitrogen and oxygen atoms in total. The number of pyridine rings is 1. The van der Waals surface area contributed by atoms with E-state index in [2.05, 4.69) is 5.48 Å². The lowest BCUT2D eigenvalue weighted by atomic mass is 10.1. The Morgan fingerprint density at radius 3 is 2.64 bits per heavy atom. The van der Waals surface area contributed by atoms with Gasteiger partial charge in [-0.05, 0) is 37.8 Å². The lowest BCUT2D eigenvalue weighted by Crippen LogP contribution is -2.51. The van der Waals surface area contributed by atoms with E-state index in [-0.39, 0.29) is 18.5 Å². The Kier molecular flexibility index (Phi) is 8.28. The van der Waals surface area contributed by atoms with Crippen LogP contribution < -0.4 is 15.8 Å². The number of hydrogen-bond donors (Lipinski definition) is 1. The van der Waals surface area contributed by atoms with Gasteiger partial charge in [-0.25, -0.2) is 18.7 Å². The van der Waals surface area contributed by atoms with Crippen LogP contribution in [0.25, 0.3) is 0 Å². The van der Waals surface area contributed by atoms with Crippen molar-refractivity contribution in [2.45, 2.75) is 56.8 Å². The van der Waals surface area contributed by atoms with E-state index in [9.17, 15) is 18.0 Å². The summed E-state index contributed by atoms with van der Waals surface area (Å²) in [6, 6.07) is 12.5. The number of ether oxygens (including phenoxy) is 2. The lowest BCUT2D eigenvalue weighted by molar-refractivity contribution is -0.201. The SMILES string of the molecule is CC(CCn1ccc(OCc2ccccc2)cc1=O)(C(=O)NOC1CCCCO1)S(C)(=O)=O. The molecule has 0 spiro atoms. The minimum atomic E-state index is -3.82. The van der Waals surface area contributed by atoms with Crippen molar-refractivity contribution >= 4 is 15.7 Å². The standard InChI is InChI=1S/C23H30N2O7S/c1-23(33(2,28)29,22(27)24-32-21-10-6-7-15-30-21)12-14-25-13-11-19(16-20(25)26)31-17-18-8-4-3-5-9-18/h3-5,8-9,11,13,16,21H,6-7,10,12,14-15,17H2,1-2H3,(H,24,27). The molecular formula is C23H30N2O7S. The largest absolute Gasteiger partial charge is 0.489 e. The minimum Gasteiger partial charge on any atom is -0.489 e. The number of aryl methyl sites for hydroxylation is 1. The molecule has 1 saturated heterocycles. The average molecular weight is 479 g/mol. The van der Waals surface area contributed by atoms with Crippen molar-refractivity contribution in [3.63, 3.8) is 0 Å². The van der Waals surface area contributed by atoms with Gasteiger partial charge in [-0.1, -0.05) is 30.3 Å². The highest BCUT2D eigenvalue weighted by Crippen LogP contribution is 2.23. The first-order valence-electron chi connectivity index (χ1n) is 10.8. The summed E-state index contributed by atoms with van der Waals surface area (Å²) in [4.78, 5) is 30.5. The molecule has 1 aliphatic rings. The predicted molar refractivity (Wildman–Crippen MR) is 122 cm³/mol. The van der Waals surface area contributed by atoms with Crippen LogP contribution >= 0.6 is 0 Å². The zero-order valence-electron chi connectivity index (χ0n) is 18.9. The van der Waals surface area contributed by atoms with Crippen LogP contribution in [-0.2, 0) is 37.4 Å². The molecule has 2 aromatic rings. The summed E-state index contributed by atoms with van der Waals surface area (Å²) >= 11 is 0. The number of aromatic nitrogens is 1. The number of hydrogen-bond acceptors (Lipinski definition) is 7. The molecule has 2 heterocycles. The molecule has 1 fully saturated rings. The Bertz CT molecular complexity index is 1100. The van der Waals surface area contributed by atoms with Gasteiger partial charge in [0.25, 0.3) is 11.5 Å². The molecule has 0 radical (unpaired) electrons. The summed E-state index contributed by atoms with van der Waals surface area (Å²) in [6.07, 6.45) is 4.23. The quantitative estimate of drug-likeness (QED) is 0.521. The molecule has 3 rings (SSSR count). The third-order valence-electron chi connectivity index (χ3n) is 5.77. The van der Waals surface area contributed by atoms with Crippen molar-refractivity contribution in [3.05, 3.63) is 64.6 Å². The van der Waals surface area contributed by atoms with Gasteiger partial charge >= 0.3 is 0 Å². The fourth-order valence-electron chi connectivity index (χ4n) is 3.34. The first kappa shape index (κ1) is 24.9. The smallest absolute Gasteiger partial charge is 0.264 e. The van der Waals surface area contributed by atoms with Crippen molar-refractivity contribution in [1.29, 1.82) is 0 Å². The summed E-state index contributed by atoms with van der Waals surface area (Å²) in [7, 11) is -3.82. The first-order valence-corrected chi connectivity index (χ1v) is 12.7. The van der Waals surface area contributed by atoms with E-state index in [0.717, 1.165) is 24.7 Å². The molecular weight excluding hydrogens is 448 g/mol. The monoisotopic (exact) mass is 478 g/mol. The molecule has 10 heteroatoms. The van der Waals surface area contributed by atoms with Crippen molar-refractivity contribution < 1.29 is 27.5 Å². The molecule has 1 N–H and O–H groups in total. The molecule has 0 bridgehead atoms. The third-order valence-corrected chi connectivity index (χ3v) is 7.79. The van der Waals surface area contributed by atoms with E-state index in [1.54, 1.807) is 6.07 Å². The Balaban J connectivity index is 1.62. The topological polar surface area (TPSA) is 113 Å². The number of rotatable bonds is 10. The summed E-state index contributed by atoms with van der Waals surface area (Å²) in [5, 5.41) is 0. The van der Waals surface area contributed by atoms with Gasteiger partial charge in [0.15, 0.2) is 20.9 Å². The molecule has 1 aromatic carbocycles. The number of hydroxylamine groups is 1. The number of benzene rings is 1. The number of carbonyl (C=O) groups excluding carboxylic acids is 1. The summed E-state index contributed by atoms with van der Waals surface area (Å²) < 4.78 is 35.5. The van der Waals surface area contributed by atoms with Gasteiger partial charge in [0.05, 0.1) is 0 Å². The molecule has 0 saturated carbocycles. The molecule has 2 unspecified atom stereocenters. The fourth-order valence-corrected chi connectivity index (χ4v) is 4.18. The maximum Gasteiger partial charge on any atom is 0.264 e. The highest BCUT2D eigenvalue weighted by Gasteiger charge is 2.44. The molecule has 0 aliphatic carbocycles. The summed E-state index contributed by atoms with van der Waals surface area (Å²) in [6.45, 7) is 2.19. The van der Waals surface area contributed by atoms with Crippen LogP contribution in [0, 0.1) is 0 Å². The highest BCUT2D eigenvalue weighted by molar-refractivity contribution is 7.92. The van der Waals surface area contributed by atoms with E-state index < -0.39 is 26.8 Å². The zero-order chi connectivity index (χ0) is 23.9. The summed E-state index contributed by atoms with van der Waals surface area (Å²) in [5.74, 6) is -0.389. The van der Waals surface area contributed by atoms with Gasteiger partial charge in [0, 0.05) is 38.1 Å². The van der Waals surface area contributed by atoms with Crippen molar-refractivity contribution in [2.24, 2.45) is 0 Å². The zero-order valence-corrected chi connectivity index (χ0v) is 19.7. The van der Waals surface area contributed by atoms with Crippen molar-refractivity contribution in [3.8, 4) is 5.75 Å². The predicted octanol–water partition coefficient (Wildman–Crippen LogP) is 2.20. The average Bonchev–Trinajstić information content (AvgIpc) is 2.81. The molecule has 180 valence electrons. The fraction of sp³-hybridized carbons (Fsp3) is 0.478. The first-order chi connectivity index (χ1) is 15.7. The van der Waals surface area contributed by atoms with E-state index in [1.165, 1.54) is 23.8 Å². The van der Waals surface area contributed by atoms with Crippen LogP contribution in [0.3, 0.4) is 0 Å². The minimum absolute atomic E-state index is 0.0225. The number of nitrogens with one attached hydrogen (secondary N) is 1. The van der Waals surface area contributed by atoms with E-state index >= 15 is 0 Å². The number of nitrogens with zero attached hydrogens (tertiary/aromatic N) is 1. The number of amides is 1. The maximum absolute atomic E-state index is 12.8. The number of sulfone groups is 1. The second-order valence-electron chi connectivity index (χ2n) is 8.27. The van der Waals surface area contributed by atoms with Crippen LogP contribution in [-0.4, -0.2) is 42.8 Å². The maximum atomic E-state index is 12.8. The van der Waals surface area contributed by atoms with Gasteiger partial charge in [0.1, 0.15) is 12.4 Å². The van der Waals surface area contributed by atoms with Gasteiger partial charge < -0.3 is 14.0 Å². The van der Waals surface area contributed by atoms with Crippen LogP contribution in [0.1, 0.15) is 38.2 Å². The Hall–Kier alpha value is -2.69. The highest BCUT2D eigenvalue weighted by atomic mass is 32.2. The normalized spacial score (nSPS) is 18.3. The van der Waals surface area contributed by atoms with Gasteiger partial charge in [-0.2, -0.15) is 0 Å². The van der Waals surface area contributed by atoms with Crippen molar-refractivity contribution in [1.82, 2.24) is 10.0 Å². The summed E-state index contributed by atoms with van der Waals surface area (Å²) in [5.41, 5.74) is 2.85. The Labute approximate surface area is 193 Å². The van der Waals surface area contributed by atoms with Crippen LogP contribution in [0.4, 0.5) is 0 Å². The van der Waals surface area contributed by atoms with E-state index in [0.29, 0.717) is 25.4 Å². The second-order valence-corrected chi connectivity index (χ2v) is 10.7. The van der Waals surface area contributed by atoms with Crippen molar-refractivity contribution in [2.75, 3.05) is 12.9 Å². The molecule has 1 aliphatic heterocycles. The van der Waals surface area contributed by atoms with Gasteiger partial charge in [-0.3, -0.25) is 9.59 Å². The Morgan fingerprint density at radius 2 is 2.00 bits per heavy atom. The lowest BCUT2D eigenvalue weighted by Gasteiger charge is -2.28. The van der Waals surface area contributed by atoms with Gasteiger partial charge in [-0.15, -0.1) is 0 Å². The second kappa shape index (κ2) is 11.0.